The van der Waals surface area contributed by atoms with E-state index in [4.69, 9.17) is 23.7 Å². The van der Waals surface area contributed by atoms with Crippen molar-refractivity contribution in [3.8, 4) is 40.2 Å². The monoisotopic (exact) mass is 693 g/mol. The Morgan fingerprint density at radius 3 is 2.31 bits per heavy atom. The Kier molecular flexibility index (Phi) is 9.61. The van der Waals surface area contributed by atoms with Gasteiger partial charge in [0.05, 0.1) is 34.9 Å². The van der Waals surface area contributed by atoms with Crippen LogP contribution in [0.25, 0.3) is 0 Å². The molecule has 6 bridgehead atoms. The van der Waals surface area contributed by atoms with Crippen molar-refractivity contribution in [3.63, 3.8) is 0 Å². The molecule has 4 aromatic rings. The van der Waals surface area contributed by atoms with Gasteiger partial charge in [-0.1, -0.05) is 25.1 Å². The number of fused-ring (bicyclic) bond motifs is 2. The smallest absolute Gasteiger partial charge is 0.362 e. The number of hydrogen-bond donors (Lipinski definition) is 1. The van der Waals surface area contributed by atoms with E-state index in [0.717, 1.165) is 71.5 Å². The van der Waals surface area contributed by atoms with Gasteiger partial charge in [-0.2, -0.15) is 0 Å². The van der Waals surface area contributed by atoms with Gasteiger partial charge in [-0.05, 0) is 91.0 Å². The molecule has 9 heteroatoms. The molecular weight excluding hydrogens is 644 g/mol. The Balaban J connectivity index is 1.46. The molecule has 9 nitrogen and oxygen atoms in total. The first kappa shape index (κ1) is 34.7. The number of benzene rings is 4. The van der Waals surface area contributed by atoms with Crippen molar-refractivity contribution in [1.82, 2.24) is 4.90 Å². The molecule has 0 saturated heterocycles. The van der Waals surface area contributed by atoms with Crippen LogP contribution in [0.2, 0.25) is 0 Å². The predicted molar refractivity (Wildman–Crippen MR) is 196 cm³/mol. The number of carboxylic acid groups (broad SMARTS) is 1. The van der Waals surface area contributed by atoms with E-state index in [-0.39, 0.29) is 12.1 Å². The molecule has 4 heterocycles. The van der Waals surface area contributed by atoms with Crippen molar-refractivity contribution in [2.45, 2.75) is 63.6 Å². The number of hydrogen-bond acceptors (Lipinski definition) is 7. The van der Waals surface area contributed by atoms with E-state index in [1.165, 1.54) is 5.56 Å². The van der Waals surface area contributed by atoms with Crippen LogP contribution in [0.3, 0.4) is 0 Å². The summed E-state index contributed by atoms with van der Waals surface area (Å²) >= 11 is 0. The maximum atomic E-state index is 12.9. The molecule has 268 valence electrons. The first-order valence-electron chi connectivity index (χ1n) is 18.0. The van der Waals surface area contributed by atoms with E-state index in [9.17, 15) is 9.90 Å². The molecule has 4 unspecified atom stereocenters. The van der Waals surface area contributed by atoms with Crippen LogP contribution in [0.1, 0.15) is 65.2 Å². The lowest BCUT2D eigenvalue weighted by Gasteiger charge is -2.49. The van der Waals surface area contributed by atoms with Gasteiger partial charge in [0.2, 0.25) is 0 Å². The van der Waals surface area contributed by atoms with Gasteiger partial charge in [-0.3, -0.25) is 4.90 Å². The summed E-state index contributed by atoms with van der Waals surface area (Å²) < 4.78 is 31.4. The largest absolute Gasteiger partial charge is 0.497 e. The molecule has 0 radical (unpaired) electrons. The maximum absolute atomic E-state index is 12.9. The number of carboxylic acids is 1. The van der Waals surface area contributed by atoms with E-state index in [1.807, 2.05) is 24.3 Å². The predicted octanol–water partition coefficient (Wildman–Crippen LogP) is 7.92. The van der Waals surface area contributed by atoms with Crippen LogP contribution in [0.4, 0.5) is 0 Å². The molecule has 0 fully saturated rings. The maximum Gasteiger partial charge on any atom is 0.362 e. The number of likely N-dealkylation sites (N-methyl/N-ethyl adjacent to an activating group) is 2. The van der Waals surface area contributed by atoms with Crippen molar-refractivity contribution < 1.29 is 38.1 Å². The molecule has 8 rings (SSSR count). The number of methoxy groups -OCH3 is 3. The van der Waals surface area contributed by atoms with Gasteiger partial charge in [0.25, 0.3) is 0 Å². The molecule has 4 atom stereocenters. The lowest BCUT2D eigenvalue weighted by Crippen LogP contribution is -2.60. The Hall–Kier alpha value is -4.73. The highest BCUT2D eigenvalue weighted by molar-refractivity contribution is 5.72. The van der Waals surface area contributed by atoms with Crippen LogP contribution in [0, 0.1) is 0 Å². The topological polar surface area (TPSA) is 86.7 Å². The Bertz CT molecular complexity index is 1930. The van der Waals surface area contributed by atoms with Crippen LogP contribution in [0.5, 0.6) is 40.2 Å². The lowest BCUT2D eigenvalue weighted by atomic mass is 9.84. The summed E-state index contributed by atoms with van der Waals surface area (Å²) in [4.78, 5) is 15.3. The molecule has 0 amide bonds. The van der Waals surface area contributed by atoms with Gasteiger partial charge < -0.3 is 33.3 Å². The standard InChI is InChI=1S/C42H48N2O7/c1-7-8-34(42(45)46)44(3)18-16-28-23-37(49-6)39-25-32(28)35(44)20-26-9-12-30(13-10-26)50-38-21-27(11-14-36(38)48-5)19-33-41-29(15-17-43(33)2)22-31(47-4)24-40(41)51-39/h9-14,21-25,33-35H,7-8,15-20H2,1-6H3/p+1. The fourth-order valence-corrected chi connectivity index (χ4v) is 8.54. The quantitative estimate of drug-likeness (QED) is 0.196. The minimum absolute atomic E-state index is 0.00997. The minimum atomic E-state index is -0.759. The molecule has 4 aliphatic heterocycles. The summed E-state index contributed by atoms with van der Waals surface area (Å²) in [5.41, 5.74) is 6.76. The summed E-state index contributed by atoms with van der Waals surface area (Å²) in [6.45, 7) is 3.65. The molecule has 0 saturated carbocycles. The third kappa shape index (κ3) is 6.49. The third-order valence-electron chi connectivity index (χ3n) is 11.4. The molecule has 0 spiro atoms. The van der Waals surface area contributed by atoms with Crippen molar-refractivity contribution >= 4 is 5.97 Å². The summed E-state index contributed by atoms with van der Waals surface area (Å²) in [5, 5.41) is 10.6. The second-order valence-corrected chi connectivity index (χ2v) is 14.4. The van der Waals surface area contributed by atoms with Crippen LogP contribution < -0.4 is 23.7 Å². The second kappa shape index (κ2) is 14.1. The van der Waals surface area contributed by atoms with Crippen LogP contribution >= 0.6 is 0 Å². The van der Waals surface area contributed by atoms with Crippen molar-refractivity contribution in [2.75, 3.05) is 48.5 Å². The summed E-state index contributed by atoms with van der Waals surface area (Å²) in [6, 6.07) is 21.9. The summed E-state index contributed by atoms with van der Waals surface area (Å²) in [6.07, 6.45) is 4.34. The van der Waals surface area contributed by atoms with Gasteiger partial charge in [0.1, 0.15) is 23.3 Å². The Morgan fingerprint density at radius 1 is 0.863 bits per heavy atom. The third-order valence-corrected chi connectivity index (χ3v) is 11.4. The molecular formula is C42H49N2O7+. The van der Waals surface area contributed by atoms with Gasteiger partial charge >= 0.3 is 5.97 Å². The van der Waals surface area contributed by atoms with E-state index in [2.05, 4.69) is 68.4 Å². The van der Waals surface area contributed by atoms with E-state index in [1.54, 1.807) is 21.3 Å². The number of rotatable bonds is 7. The molecule has 0 aromatic heterocycles. The van der Waals surface area contributed by atoms with Crippen LogP contribution in [-0.4, -0.2) is 75.0 Å². The number of aliphatic carboxylic acids is 1. The highest BCUT2D eigenvalue weighted by atomic mass is 16.5. The molecule has 0 aliphatic carbocycles. The fraction of sp³-hybridized carbons (Fsp3) is 0.405. The van der Waals surface area contributed by atoms with Gasteiger partial charge in [0.15, 0.2) is 29.0 Å². The second-order valence-electron chi connectivity index (χ2n) is 14.4. The summed E-state index contributed by atoms with van der Waals surface area (Å²) in [7, 11) is 9.30. The zero-order chi connectivity index (χ0) is 35.9. The number of quaternary nitrogens is 1. The van der Waals surface area contributed by atoms with Crippen LogP contribution in [-0.2, 0) is 30.5 Å². The highest BCUT2D eigenvalue weighted by Crippen LogP contribution is 2.48. The van der Waals surface area contributed by atoms with Gasteiger partial charge in [0, 0.05) is 49.0 Å². The lowest BCUT2D eigenvalue weighted by molar-refractivity contribution is -0.956. The molecule has 4 aromatic carbocycles. The average molecular weight is 694 g/mol. The SMILES string of the molecule is CCCC(C(=O)O)[N+]1(C)CCc2cc(OC)c3cc2C1Cc1ccc(cc1)Oc1cc(ccc1OC)CC1c2c(cc(OC)cc2O3)CCN1C. The van der Waals surface area contributed by atoms with Crippen molar-refractivity contribution in [1.29, 1.82) is 0 Å². The number of ether oxygens (including phenoxy) is 5. The molecule has 1 N–H and O–H groups in total. The van der Waals surface area contributed by atoms with Gasteiger partial charge in [-0.15, -0.1) is 0 Å². The number of nitrogens with zero attached hydrogens (tertiary/aromatic N) is 2. The zero-order valence-corrected chi connectivity index (χ0v) is 30.5. The average Bonchev–Trinajstić information content (AvgIpc) is 3.13. The molecule has 51 heavy (non-hydrogen) atoms. The molecule has 4 aliphatic rings. The van der Waals surface area contributed by atoms with Crippen molar-refractivity contribution in [2.24, 2.45) is 0 Å². The van der Waals surface area contributed by atoms with Gasteiger partial charge in [-0.25, -0.2) is 4.79 Å². The minimum Gasteiger partial charge on any atom is -0.497 e. The van der Waals surface area contributed by atoms with E-state index < -0.39 is 12.0 Å². The van der Waals surface area contributed by atoms with Crippen LogP contribution in [0.15, 0.2) is 66.7 Å². The fourth-order valence-electron chi connectivity index (χ4n) is 8.54. The normalized spacial score (nSPS) is 21.6. The Morgan fingerprint density at radius 2 is 1.61 bits per heavy atom. The number of carbonyl (C=O) groups is 1. The Labute approximate surface area is 300 Å². The highest BCUT2D eigenvalue weighted by Gasteiger charge is 2.48. The first-order valence-corrected chi connectivity index (χ1v) is 18.0. The van der Waals surface area contributed by atoms with E-state index in [0.29, 0.717) is 52.6 Å². The van der Waals surface area contributed by atoms with Crippen molar-refractivity contribution in [3.05, 3.63) is 100 Å². The van der Waals surface area contributed by atoms with E-state index >= 15 is 0 Å². The summed E-state index contributed by atoms with van der Waals surface area (Å²) in [5.74, 6) is 3.98. The zero-order valence-electron chi connectivity index (χ0n) is 30.5. The first-order chi connectivity index (χ1) is 24.6.